The van der Waals surface area contributed by atoms with Gasteiger partial charge >= 0.3 is 0 Å². The van der Waals surface area contributed by atoms with Crippen molar-refractivity contribution < 1.29 is 4.79 Å². The highest BCUT2D eigenvalue weighted by Crippen LogP contribution is 2.16. The molecule has 0 spiro atoms. The van der Waals surface area contributed by atoms with Crippen molar-refractivity contribution in [1.82, 2.24) is 25.1 Å². The third kappa shape index (κ3) is 3.95. The van der Waals surface area contributed by atoms with Crippen LogP contribution in [-0.2, 0) is 0 Å². The zero-order valence-corrected chi connectivity index (χ0v) is 15.6. The van der Waals surface area contributed by atoms with Gasteiger partial charge in [0.25, 0.3) is 11.5 Å². The van der Waals surface area contributed by atoms with Gasteiger partial charge in [-0.3, -0.25) is 14.6 Å². The Morgan fingerprint density at radius 3 is 2.75 bits per heavy atom. The maximum absolute atomic E-state index is 12.7. The molecule has 3 heterocycles. The summed E-state index contributed by atoms with van der Waals surface area (Å²) in [6, 6.07) is 10.8. The van der Waals surface area contributed by atoms with Crippen molar-refractivity contribution in [1.29, 1.82) is 0 Å². The molecule has 2 N–H and O–H groups in total. The van der Waals surface area contributed by atoms with Crippen LogP contribution in [0.25, 0.3) is 5.69 Å². The smallest absolute Gasteiger partial charge is 0.252 e. The van der Waals surface area contributed by atoms with E-state index in [9.17, 15) is 9.59 Å². The number of nitrogens with zero attached hydrogens (tertiary/aromatic N) is 4. The summed E-state index contributed by atoms with van der Waals surface area (Å²) in [6.07, 6.45) is 5.14. The number of nitrogens with one attached hydrogen (secondary N) is 2. The minimum absolute atomic E-state index is 0.0884. The Kier molecular flexibility index (Phi) is 4.92. The number of aryl methyl sites for hydroxylation is 1. The van der Waals surface area contributed by atoms with Crippen LogP contribution in [0.3, 0.4) is 0 Å². The fraction of sp³-hybridized carbons (Fsp3) is 0.300. The van der Waals surface area contributed by atoms with E-state index in [-0.39, 0.29) is 17.5 Å². The van der Waals surface area contributed by atoms with E-state index in [0.29, 0.717) is 17.2 Å². The Morgan fingerprint density at radius 2 is 2.04 bits per heavy atom. The fourth-order valence-corrected chi connectivity index (χ4v) is 3.43. The van der Waals surface area contributed by atoms with Crippen molar-refractivity contribution in [3.05, 3.63) is 70.4 Å². The van der Waals surface area contributed by atoms with E-state index >= 15 is 0 Å². The first-order valence-corrected chi connectivity index (χ1v) is 9.32. The van der Waals surface area contributed by atoms with Crippen molar-refractivity contribution in [3.8, 4) is 5.69 Å². The van der Waals surface area contributed by atoms with Crippen molar-refractivity contribution in [2.75, 3.05) is 18.0 Å². The Balaban J connectivity index is 1.38. The van der Waals surface area contributed by atoms with E-state index in [4.69, 9.17) is 0 Å². The highest BCUT2D eigenvalue weighted by atomic mass is 16.1. The molecule has 1 aliphatic heterocycles. The number of amides is 1. The lowest BCUT2D eigenvalue weighted by Gasteiger charge is -2.32. The van der Waals surface area contributed by atoms with Crippen molar-refractivity contribution in [2.45, 2.75) is 25.8 Å². The molecule has 0 saturated carbocycles. The van der Waals surface area contributed by atoms with Gasteiger partial charge in [0, 0.05) is 48.8 Å². The maximum atomic E-state index is 12.7. The standard InChI is InChI=1S/C20H22N6O2/c1-14-12-18(27)24-20(22-14)25-10-6-16(7-11-25)23-19(28)15-4-2-5-17(13-15)26-9-3-8-21-26/h2-5,8-9,12-13,16H,6-7,10-11H2,1H3,(H,23,28)(H,22,24,27). The first-order chi connectivity index (χ1) is 13.6. The predicted octanol–water partition coefficient (Wildman–Crippen LogP) is 1.66. The zero-order valence-electron chi connectivity index (χ0n) is 15.6. The Bertz CT molecular complexity index is 1020. The summed E-state index contributed by atoms with van der Waals surface area (Å²) >= 11 is 0. The summed E-state index contributed by atoms with van der Waals surface area (Å²) < 4.78 is 1.73. The van der Waals surface area contributed by atoms with Gasteiger partial charge < -0.3 is 10.2 Å². The number of rotatable bonds is 4. The number of piperidine rings is 1. The highest BCUT2D eigenvalue weighted by Gasteiger charge is 2.22. The molecule has 144 valence electrons. The molecule has 0 radical (unpaired) electrons. The lowest BCUT2D eigenvalue weighted by atomic mass is 10.0. The number of H-pyrrole nitrogens is 1. The summed E-state index contributed by atoms with van der Waals surface area (Å²) in [4.78, 5) is 33.5. The molecule has 0 atom stereocenters. The van der Waals surface area contributed by atoms with Crippen LogP contribution >= 0.6 is 0 Å². The third-order valence-corrected chi connectivity index (χ3v) is 4.86. The molecule has 0 bridgehead atoms. The first-order valence-electron chi connectivity index (χ1n) is 9.32. The molecular weight excluding hydrogens is 356 g/mol. The summed E-state index contributed by atoms with van der Waals surface area (Å²) in [5.74, 6) is 0.510. The molecule has 1 amide bonds. The van der Waals surface area contributed by atoms with Gasteiger partial charge in [0.1, 0.15) is 0 Å². The minimum Gasteiger partial charge on any atom is -0.349 e. The molecule has 8 heteroatoms. The van der Waals surface area contributed by atoms with Crippen molar-refractivity contribution >= 4 is 11.9 Å². The zero-order chi connectivity index (χ0) is 19.5. The second-order valence-corrected chi connectivity index (χ2v) is 6.95. The van der Waals surface area contributed by atoms with E-state index in [1.807, 2.05) is 37.4 Å². The molecule has 0 unspecified atom stereocenters. The van der Waals surface area contributed by atoms with E-state index in [1.165, 1.54) is 6.07 Å². The Labute approximate surface area is 162 Å². The monoisotopic (exact) mass is 378 g/mol. The normalized spacial score (nSPS) is 14.8. The molecule has 4 rings (SSSR count). The van der Waals surface area contributed by atoms with Crippen LogP contribution in [0.5, 0.6) is 0 Å². The maximum Gasteiger partial charge on any atom is 0.252 e. The first kappa shape index (κ1) is 18.0. The van der Waals surface area contributed by atoms with Crippen LogP contribution in [0.4, 0.5) is 5.95 Å². The number of hydrogen-bond acceptors (Lipinski definition) is 5. The number of carbonyl (C=O) groups is 1. The van der Waals surface area contributed by atoms with E-state index < -0.39 is 0 Å². The lowest BCUT2D eigenvalue weighted by Crippen LogP contribution is -2.45. The number of hydrogen-bond donors (Lipinski definition) is 2. The summed E-state index contributed by atoms with van der Waals surface area (Å²) in [5.41, 5.74) is 2.02. The van der Waals surface area contributed by atoms with E-state index in [2.05, 4.69) is 25.3 Å². The molecule has 28 heavy (non-hydrogen) atoms. The van der Waals surface area contributed by atoms with Crippen LogP contribution in [0.15, 0.2) is 53.6 Å². The largest absolute Gasteiger partial charge is 0.349 e. The van der Waals surface area contributed by atoms with Crippen LogP contribution in [0, 0.1) is 6.92 Å². The number of aromatic amines is 1. The number of benzene rings is 1. The van der Waals surface area contributed by atoms with Gasteiger partial charge in [-0.25, -0.2) is 9.67 Å². The molecular formula is C20H22N6O2. The molecule has 1 aliphatic rings. The van der Waals surface area contributed by atoms with Gasteiger partial charge in [0.15, 0.2) is 0 Å². The van der Waals surface area contributed by atoms with E-state index in [0.717, 1.165) is 31.6 Å². The average molecular weight is 378 g/mol. The third-order valence-electron chi connectivity index (χ3n) is 4.86. The summed E-state index contributed by atoms with van der Waals surface area (Å²) in [5, 5.41) is 7.32. The fourth-order valence-electron chi connectivity index (χ4n) is 3.43. The van der Waals surface area contributed by atoms with E-state index in [1.54, 1.807) is 16.9 Å². The summed E-state index contributed by atoms with van der Waals surface area (Å²) in [6.45, 7) is 3.26. The predicted molar refractivity (Wildman–Crippen MR) is 106 cm³/mol. The lowest BCUT2D eigenvalue weighted by molar-refractivity contribution is 0.0931. The van der Waals surface area contributed by atoms with Crippen molar-refractivity contribution in [2.24, 2.45) is 0 Å². The molecule has 8 nitrogen and oxygen atoms in total. The van der Waals surface area contributed by atoms with Gasteiger partial charge in [-0.05, 0) is 44.0 Å². The minimum atomic E-state index is -0.144. The van der Waals surface area contributed by atoms with Crippen LogP contribution in [-0.4, -0.2) is 44.8 Å². The molecule has 1 saturated heterocycles. The summed E-state index contributed by atoms with van der Waals surface area (Å²) in [7, 11) is 0. The topological polar surface area (TPSA) is 95.9 Å². The van der Waals surface area contributed by atoms with Crippen LogP contribution < -0.4 is 15.8 Å². The number of anilines is 1. The molecule has 1 fully saturated rings. The molecule has 0 aliphatic carbocycles. The Hall–Kier alpha value is -3.42. The van der Waals surface area contributed by atoms with Crippen LogP contribution in [0.1, 0.15) is 28.9 Å². The van der Waals surface area contributed by atoms with Gasteiger partial charge in [0.2, 0.25) is 5.95 Å². The quantitative estimate of drug-likeness (QED) is 0.720. The second kappa shape index (κ2) is 7.67. The SMILES string of the molecule is Cc1cc(=O)[nH]c(N2CCC(NC(=O)c3cccc(-n4cccn4)c3)CC2)n1. The molecule has 3 aromatic rings. The average Bonchev–Trinajstić information content (AvgIpc) is 3.23. The Morgan fingerprint density at radius 1 is 1.21 bits per heavy atom. The van der Waals surface area contributed by atoms with Gasteiger partial charge in [-0.15, -0.1) is 0 Å². The number of aromatic nitrogens is 4. The van der Waals surface area contributed by atoms with Crippen molar-refractivity contribution in [3.63, 3.8) is 0 Å². The number of carbonyl (C=O) groups excluding carboxylic acids is 1. The van der Waals surface area contributed by atoms with Gasteiger partial charge in [-0.1, -0.05) is 6.07 Å². The van der Waals surface area contributed by atoms with Gasteiger partial charge in [0.05, 0.1) is 5.69 Å². The second-order valence-electron chi connectivity index (χ2n) is 6.95. The highest BCUT2D eigenvalue weighted by molar-refractivity contribution is 5.94. The molecule has 1 aromatic carbocycles. The van der Waals surface area contributed by atoms with Gasteiger partial charge in [-0.2, -0.15) is 5.10 Å². The van der Waals surface area contributed by atoms with Crippen LogP contribution in [0.2, 0.25) is 0 Å². The molecule has 2 aromatic heterocycles.